The zero-order valence-corrected chi connectivity index (χ0v) is 14.3. The lowest BCUT2D eigenvalue weighted by molar-refractivity contribution is 0.0840. The number of likely N-dealkylation sites (tertiary alicyclic amines) is 1. The molecule has 0 aliphatic carbocycles. The van der Waals surface area contributed by atoms with E-state index in [1.54, 1.807) is 0 Å². The van der Waals surface area contributed by atoms with Crippen LogP contribution in [0.5, 0.6) is 0 Å². The molecule has 1 aromatic rings. The van der Waals surface area contributed by atoms with Crippen molar-refractivity contribution in [1.29, 1.82) is 0 Å². The fraction of sp³-hybridized carbons (Fsp3) is 0.684. The largest absolute Gasteiger partial charge is 0.309 e. The first-order valence-corrected chi connectivity index (χ1v) is 8.60. The molecule has 1 aliphatic rings. The Morgan fingerprint density at radius 2 is 1.81 bits per heavy atom. The van der Waals surface area contributed by atoms with E-state index in [2.05, 4.69) is 62.2 Å². The molecule has 0 radical (unpaired) electrons. The van der Waals surface area contributed by atoms with Crippen LogP contribution in [0, 0.1) is 6.92 Å². The van der Waals surface area contributed by atoms with Gasteiger partial charge in [-0.15, -0.1) is 0 Å². The van der Waals surface area contributed by atoms with Crippen molar-refractivity contribution in [3.63, 3.8) is 0 Å². The molecule has 1 saturated heterocycles. The van der Waals surface area contributed by atoms with Gasteiger partial charge in [-0.2, -0.15) is 0 Å². The number of aryl methyl sites for hydroxylation is 1. The maximum absolute atomic E-state index is 3.74. The van der Waals surface area contributed by atoms with Crippen molar-refractivity contribution >= 4 is 0 Å². The van der Waals surface area contributed by atoms with Gasteiger partial charge in [0.1, 0.15) is 0 Å². The van der Waals surface area contributed by atoms with Crippen LogP contribution in [0.25, 0.3) is 0 Å². The van der Waals surface area contributed by atoms with Crippen LogP contribution in [-0.2, 0) is 0 Å². The Morgan fingerprint density at radius 3 is 2.38 bits per heavy atom. The molecule has 0 saturated carbocycles. The number of rotatable bonds is 5. The second-order valence-corrected chi connectivity index (χ2v) is 6.96. The smallest absolute Gasteiger partial charge is 0.0501 e. The van der Waals surface area contributed by atoms with E-state index in [1.165, 1.54) is 49.9 Å². The maximum Gasteiger partial charge on any atom is 0.0501 e. The molecule has 118 valence electrons. The predicted molar refractivity (Wildman–Crippen MR) is 91.7 cm³/mol. The minimum absolute atomic E-state index is 0.147. The van der Waals surface area contributed by atoms with Crippen molar-refractivity contribution in [3.05, 3.63) is 35.4 Å². The Balaban J connectivity index is 2.26. The highest BCUT2D eigenvalue weighted by molar-refractivity contribution is 5.27. The molecular weight excluding hydrogens is 256 g/mol. The molecule has 1 heterocycles. The molecule has 0 aromatic heterocycles. The maximum atomic E-state index is 3.74. The first-order chi connectivity index (χ1) is 10.1. The summed E-state index contributed by atoms with van der Waals surface area (Å²) >= 11 is 0. The lowest BCUT2D eigenvalue weighted by atomic mass is 9.86. The lowest BCUT2D eigenvalue weighted by Crippen LogP contribution is -2.53. The molecule has 2 heteroatoms. The second kappa shape index (κ2) is 7.42. The number of likely N-dealkylation sites (N-methyl/N-ethyl adjacent to an activating group) is 1. The van der Waals surface area contributed by atoms with E-state index < -0.39 is 0 Å². The molecule has 1 aromatic carbocycles. The van der Waals surface area contributed by atoms with Crippen molar-refractivity contribution in [2.24, 2.45) is 0 Å². The van der Waals surface area contributed by atoms with Gasteiger partial charge < -0.3 is 5.32 Å². The summed E-state index contributed by atoms with van der Waals surface area (Å²) in [5.74, 6) is 0. The van der Waals surface area contributed by atoms with E-state index in [-0.39, 0.29) is 5.54 Å². The van der Waals surface area contributed by atoms with Crippen molar-refractivity contribution in [3.8, 4) is 0 Å². The van der Waals surface area contributed by atoms with E-state index in [1.807, 2.05) is 0 Å². The molecule has 1 fully saturated rings. The summed E-state index contributed by atoms with van der Waals surface area (Å²) in [6, 6.07) is 9.38. The highest BCUT2D eigenvalue weighted by Gasteiger charge is 2.36. The first kappa shape index (κ1) is 16.5. The normalized spacial score (nSPS) is 19.2. The fourth-order valence-corrected chi connectivity index (χ4v) is 3.66. The van der Waals surface area contributed by atoms with Crippen LogP contribution < -0.4 is 5.32 Å². The van der Waals surface area contributed by atoms with E-state index in [0.717, 1.165) is 6.54 Å². The standard InChI is InChI=1S/C19H32N2/c1-5-20-18(17-12-10-11-16(2)15-17)19(3,4)21-13-8-6-7-9-14-21/h10-12,15,18,20H,5-9,13-14H2,1-4H3. The van der Waals surface area contributed by atoms with E-state index in [9.17, 15) is 0 Å². The first-order valence-electron chi connectivity index (χ1n) is 8.60. The molecule has 1 aliphatic heterocycles. The van der Waals surface area contributed by atoms with Crippen LogP contribution in [-0.4, -0.2) is 30.1 Å². The zero-order chi connectivity index (χ0) is 15.3. The average Bonchev–Trinajstić information content (AvgIpc) is 2.74. The second-order valence-electron chi connectivity index (χ2n) is 6.96. The van der Waals surface area contributed by atoms with E-state index in [4.69, 9.17) is 0 Å². The third kappa shape index (κ3) is 4.08. The molecule has 0 spiro atoms. The van der Waals surface area contributed by atoms with Crippen molar-refractivity contribution < 1.29 is 0 Å². The summed E-state index contributed by atoms with van der Waals surface area (Å²) in [4.78, 5) is 2.70. The van der Waals surface area contributed by atoms with Crippen LogP contribution in [0.1, 0.15) is 63.6 Å². The summed E-state index contributed by atoms with van der Waals surface area (Å²) in [6.45, 7) is 12.7. The topological polar surface area (TPSA) is 15.3 Å². The number of nitrogens with zero attached hydrogens (tertiary/aromatic N) is 1. The fourth-order valence-electron chi connectivity index (χ4n) is 3.66. The minimum atomic E-state index is 0.147. The monoisotopic (exact) mass is 288 g/mol. The van der Waals surface area contributed by atoms with Crippen molar-refractivity contribution in [1.82, 2.24) is 10.2 Å². The average molecular weight is 288 g/mol. The Labute approximate surface area is 130 Å². The highest BCUT2D eigenvalue weighted by Crippen LogP contribution is 2.33. The Hall–Kier alpha value is -0.860. The summed E-state index contributed by atoms with van der Waals surface area (Å²) in [5, 5.41) is 3.74. The molecule has 2 rings (SSSR count). The molecule has 21 heavy (non-hydrogen) atoms. The van der Waals surface area contributed by atoms with Gasteiger partial charge in [0.05, 0.1) is 6.04 Å². The van der Waals surface area contributed by atoms with E-state index in [0.29, 0.717) is 6.04 Å². The van der Waals surface area contributed by atoms with Gasteiger partial charge >= 0.3 is 0 Å². The van der Waals surface area contributed by atoms with Crippen LogP contribution >= 0.6 is 0 Å². The predicted octanol–water partition coefficient (Wildman–Crippen LogP) is 4.30. The molecular formula is C19H32N2. The molecule has 1 atom stereocenters. The van der Waals surface area contributed by atoms with Crippen LogP contribution in [0.4, 0.5) is 0 Å². The lowest BCUT2D eigenvalue weighted by Gasteiger charge is -2.44. The number of nitrogens with one attached hydrogen (secondary N) is 1. The quantitative estimate of drug-likeness (QED) is 0.869. The Morgan fingerprint density at radius 1 is 1.14 bits per heavy atom. The SMILES string of the molecule is CCNC(c1cccc(C)c1)C(C)(C)N1CCCCCC1. The number of hydrogen-bond acceptors (Lipinski definition) is 2. The van der Waals surface area contributed by atoms with Crippen LogP contribution in [0.15, 0.2) is 24.3 Å². The Bertz CT molecular complexity index is 431. The third-order valence-corrected chi connectivity index (χ3v) is 4.91. The summed E-state index contributed by atoms with van der Waals surface area (Å²) in [6.07, 6.45) is 5.47. The minimum Gasteiger partial charge on any atom is -0.309 e. The molecule has 1 unspecified atom stereocenters. The number of benzene rings is 1. The summed E-state index contributed by atoms with van der Waals surface area (Å²) in [7, 11) is 0. The van der Waals surface area contributed by atoms with Crippen molar-refractivity contribution in [2.45, 2.75) is 65.0 Å². The zero-order valence-electron chi connectivity index (χ0n) is 14.3. The molecule has 0 amide bonds. The van der Waals surface area contributed by atoms with E-state index >= 15 is 0 Å². The van der Waals surface area contributed by atoms with Crippen LogP contribution in [0.3, 0.4) is 0 Å². The van der Waals surface area contributed by atoms with Crippen LogP contribution in [0.2, 0.25) is 0 Å². The Kier molecular flexibility index (Phi) is 5.83. The summed E-state index contributed by atoms with van der Waals surface area (Å²) < 4.78 is 0. The highest BCUT2D eigenvalue weighted by atomic mass is 15.2. The third-order valence-electron chi connectivity index (χ3n) is 4.91. The van der Waals surface area contributed by atoms with Gasteiger partial charge in [-0.05, 0) is 58.8 Å². The van der Waals surface area contributed by atoms with Gasteiger partial charge in [0.25, 0.3) is 0 Å². The van der Waals surface area contributed by atoms with Crippen molar-refractivity contribution in [2.75, 3.05) is 19.6 Å². The van der Waals surface area contributed by atoms with Gasteiger partial charge in [-0.3, -0.25) is 4.90 Å². The molecule has 2 nitrogen and oxygen atoms in total. The summed E-state index contributed by atoms with van der Waals surface area (Å²) in [5.41, 5.74) is 2.92. The van der Waals surface area contributed by atoms with Gasteiger partial charge in [0, 0.05) is 5.54 Å². The molecule has 1 N–H and O–H groups in total. The van der Waals surface area contributed by atoms with Gasteiger partial charge in [-0.1, -0.05) is 49.6 Å². The van der Waals surface area contributed by atoms with Gasteiger partial charge in [0.15, 0.2) is 0 Å². The van der Waals surface area contributed by atoms with Gasteiger partial charge in [-0.25, -0.2) is 0 Å². The number of hydrogen-bond donors (Lipinski definition) is 1. The van der Waals surface area contributed by atoms with Gasteiger partial charge in [0.2, 0.25) is 0 Å². The molecule has 0 bridgehead atoms.